The van der Waals surface area contributed by atoms with Gasteiger partial charge >= 0.3 is 5.97 Å². The molecular weight excluding hydrogens is 276 g/mol. The van der Waals surface area contributed by atoms with Crippen molar-refractivity contribution >= 4 is 11.5 Å². The van der Waals surface area contributed by atoms with Crippen LogP contribution in [0.3, 0.4) is 0 Å². The normalized spacial score (nSPS) is 17.0. The first-order valence-electron chi connectivity index (χ1n) is 8.30. The minimum atomic E-state index is -0.299. The number of hydrogen-bond donors (Lipinski definition) is 0. The third-order valence-electron chi connectivity index (χ3n) is 4.11. The van der Waals surface area contributed by atoms with E-state index in [0.29, 0.717) is 5.57 Å². The molecule has 0 radical (unpaired) electrons. The molecule has 0 aromatic heterocycles. The molecule has 120 valence electrons. The fourth-order valence-corrected chi connectivity index (χ4v) is 2.90. The minimum Gasteiger partial charge on any atom is -0.489 e. The lowest BCUT2D eigenvalue weighted by atomic mass is 9.89. The van der Waals surface area contributed by atoms with Gasteiger partial charge in [-0.05, 0) is 24.8 Å². The predicted molar refractivity (Wildman–Crippen MR) is 88.3 cm³/mol. The largest absolute Gasteiger partial charge is 0.489 e. The zero-order valence-corrected chi connectivity index (χ0v) is 13.9. The molecule has 1 atom stereocenters. The van der Waals surface area contributed by atoms with Crippen molar-refractivity contribution in [3.8, 4) is 0 Å². The van der Waals surface area contributed by atoms with Crippen molar-refractivity contribution in [1.82, 2.24) is 0 Å². The second-order valence-corrected chi connectivity index (χ2v) is 5.73. The van der Waals surface area contributed by atoms with E-state index >= 15 is 0 Å². The first kappa shape index (κ1) is 16.6. The number of ether oxygens (including phenoxy) is 2. The molecule has 0 saturated carbocycles. The molecule has 3 heteroatoms. The van der Waals surface area contributed by atoms with E-state index in [2.05, 4.69) is 19.9 Å². The molecule has 0 N–H and O–H groups in total. The number of methoxy groups -OCH3 is 1. The Bertz CT molecular complexity index is 545. The Balaban J connectivity index is 2.44. The second kappa shape index (κ2) is 8.02. The Kier molecular flexibility index (Phi) is 6.05. The molecule has 0 bridgehead atoms. The van der Waals surface area contributed by atoms with Gasteiger partial charge in [-0.15, -0.1) is 0 Å². The Morgan fingerprint density at radius 1 is 1.18 bits per heavy atom. The van der Waals surface area contributed by atoms with Gasteiger partial charge in [0, 0.05) is 12.0 Å². The Labute approximate surface area is 133 Å². The molecule has 0 amide bonds. The monoisotopic (exact) mass is 302 g/mol. The Morgan fingerprint density at radius 2 is 1.91 bits per heavy atom. The van der Waals surface area contributed by atoms with Crippen LogP contribution in [0.25, 0.3) is 5.57 Å². The summed E-state index contributed by atoms with van der Waals surface area (Å²) in [6.45, 7) is 4.33. The highest BCUT2D eigenvalue weighted by atomic mass is 16.5. The molecule has 22 heavy (non-hydrogen) atoms. The zero-order chi connectivity index (χ0) is 15.9. The number of carbonyl (C=O) groups excluding carboxylic acids is 1. The van der Waals surface area contributed by atoms with Gasteiger partial charge in [0.25, 0.3) is 0 Å². The number of allylic oxidation sites excluding steroid dienone is 1. The van der Waals surface area contributed by atoms with Crippen molar-refractivity contribution < 1.29 is 14.3 Å². The van der Waals surface area contributed by atoms with Crippen LogP contribution < -0.4 is 0 Å². The summed E-state index contributed by atoms with van der Waals surface area (Å²) < 4.78 is 11.2. The van der Waals surface area contributed by atoms with Crippen LogP contribution in [0, 0.1) is 0 Å². The van der Waals surface area contributed by atoms with Crippen LogP contribution in [0.15, 0.2) is 30.0 Å². The van der Waals surface area contributed by atoms with Gasteiger partial charge in [-0.2, -0.15) is 0 Å². The summed E-state index contributed by atoms with van der Waals surface area (Å²) in [5, 5.41) is 0. The first-order valence-corrected chi connectivity index (χ1v) is 8.30. The molecule has 1 aromatic rings. The summed E-state index contributed by atoms with van der Waals surface area (Å²) in [6.07, 6.45) is 6.17. The molecule has 0 spiro atoms. The highest BCUT2D eigenvalue weighted by molar-refractivity contribution is 6.17. The van der Waals surface area contributed by atoms with Crippen LogP contribution >= 0.6 is 0 Å². The number of benzene rings is 1. The van der Waals surface area contributed by atoms with Crippen molar-refractivity contribution in [3.63, 3.8) is 0 Å². The quantitative estimate of drug-likeness (QED) is 0.663. The van der Waals surface area contributed by atoms with E-state index < -0.39 is 0 Å². The number of carbonyl (C=O) groups is 1. The topological polar surface area (TPSA) is 35.5 Å². The maximum absolute atomic E-state index is 12.3. The summed E-state index contributed by atoms with van der Waals surface area (Å²) in [5.41, 5.74) is 2.70. The summed E-state index contributed by atoms with van der Waals surface area (Å²) in [6, 6.07) is 8.05. The molecule has 1 aromatic carbocycles. The molecule has 0 fully saturated rings. The van der Waals surface area contributed by atoms with Crippen molar-refractivity contribution in [2.45, 2.75) is 58.5 Å². The van der Waals surface area contributed by atoms with Crippen LogP contribution in [0.2, 0.25) is 0 Å². The summed E-state index contributed by atoms with van der Waals surface area (Å²) in [4.78, 5) is 12.3. The average Bonchev–Trinajstić information content (AvgIpc) is 2.56. The molecule has 0 aliphatic carbocycles. The number of rotatable bonds is 7. The van der Waals surface area contributed by atoms with Crippen LogP contribution in [-0.4, -0.2) is 13.1 Å². The van der Waals surface area contributed by atoms with Crippen LogP contribution in [0.5, 0.6) is 0 Å². The van der Waals surface area contributed by atoms with E-state index in [9.17, 15) is 4.79 Å². The molecule has 2 rings (SSSR count). The van der Waals surface area contributed by atoms with Gasteiger partial charge in [0.15, 0.2) is 0 Å². The predicted octanol–water partition coefficient (Wildman–Crippen LogP) is 5.02. The highest BCUT2D eigenvalue weighted by Gasteiger charge is 2.31. The van der Waals surface area contributed by atoms with E-state index in [0.717, 1.165) is 55.4 Å². The maximum atomic E-state index is 12.3. The van der Waals surface area contributed by atoms with Gasteiger partial charge in [0.05, 0.1) is 7.11 Å². The smallest absolute Gasteiger partial charge is 0.341 e. The van der Waals surface area contributed by atoms with Gasteiger partial charge in [-0.1, -0.05) is 51.0 Å². The van der Waals surface area contributed by atoms with E-state index in [1.807, 2.05) is 18.2 Å². The van der Waals surface area contributed by atoms with E-state index in [4.69, 9.17) is 9.47 Å². The van der Waals surface area contributed by atoms with Gasteiger partial charge in [0.2, 0.25) is 0 Å². The minimum absolute atomic E-state index is 0.0522. The van der Waals surface area contributed by atoms with Gasteiger partial charge in [0.1, 0.15) is 17.4 Å². The van der Waals surface area contributed by atoms with Crippen LogP contribution in [0.4, 0.5) is 0 Å². The van der Waals surface area contributed by atoms with Crippen LogP contribution in [-0.2, 0) is 14.3 Å². The molecule has 3 nitrogen and oxygen atoms in total. The average molecular weight is 302 g/mol. The number of fused-ring (bicyclic) bond motifs is 1. The van der Waals surface area contributed by atoms with Crippen LogP contribution in [0.1, 0.15) is 69.6 Å². The lowest BCUT2D eigenvalue weighted by Crippen LogP contribution is -2.19. The number of esters is 1. The van der Waals surface area contributed by atoms with E-state index in [1.54, 1.807) is 0 Å². The van der Waals surface area contributed by atoms with Crippen molar-refractivity contribution in [2.24, 2.45) is 0 Å². The lowest BCUT2D eigenvalue weighted by molar-refractivity contribution is -0.134. The number of hydrogen-bond acceptors (Lipinski definition) is 3. The fraction of sp³-hybridized carbons (Fsp3) is 0.526. The van der Waals surface area contributed by atoms with Gasteiger partial charge in [-0.3, -0.25) is 0 Å². The number of unbranched alkanes of at least 4 members (excludes halogenated alkanes) is 2. The summed E-state index contributed by atoms with van der Waals surface area (Å²) in [5.74, 6) is 0.501. The van der Waals surface area contributed by atoms with Crippen molar-refractivity contribution in [1.29, 1.82) is 0 Å². The standard InChI is InChI=1S/C19H26O3/c1-4-6-12-16-14-10-8-9-11-15(14)18(19(20)21-3)17(22-16)13-7-5-2/h8-11,16H,4-7,12-13H2,1-3H3. The molecular formula is C19H26O3. The Morgan fingerprint density at radius 3 is 2.59 bits per heavy atom. The van der Waals surface area contributed by atoms with E-state index in [-0.39, 0.29) is 12.1 Å². The molecule has 1 aliphatic rings. The molecule has 0 saturated heterocycles. The first-order chi connectivity index (χ1) is 10.7. The summed E-state index contributed by atoms with van der Waals surface area (Å²) >= 11 is 0. The fourth-order valence-electron chi connectivity index (χ4n) is 2.90. The van der Waals surface area contributed by atoms with Gasteiger partial charge in [-0.25, -0.2) is 4.79 Å². The summed E-state index contributed by atoms with van der Waals surface area (Å²) in [7, 11) is 1.43. The van der Waals surface area contributed by atoms with Gasteiger partial charge < -0.3 is 9.47 Å². The van der Waals surface area contributed by atoms with Crippen molar-refractivity contribution in [3.05, 3.63) is 41.2 Å². The lowest BCUT2D eigenvalue weighted by Gasteiger charge is -2.30. The highest BCUT2D eigenvalue weighted by Crippen LogP contribution is 2.41. The molecule has 1 heterocycles. The SMILES string of the molecule is CCCCC1=C(C(=O)OC)c2ccccc2C(CCCC)O1. The second-order valence-electron chi connectivity index (χ2n) is 5.73. The van der Waals surface area contributed by atoms with Crippen molar-refractivity contribution in [2.75, 3.05) is 7.11 Å². The molecule has 1 aliphatic heterocycles. The third-order valence-corrected chi connectivity index (χ3v) is 4.11. The third kappa shape index (κ3) is 3.52. The zero-order valence-electron chi connectivity index (χ0n) is 13.9. The van der Waals surface area contributed by atoms with E-state index in [1.165, 1.54) is 7.11 Å². The molecule has 1 unspecified atom stereocenters. The maximum Gasteiger partial charge on any atom is 0.341 e. The Hall–Kier alpha value is -1.77.